The Morgan fingerprint density at radius 3 is 2.95 bits per heavy atom. The lowest BCUT2D eigenvalue weighted by molar-refractivity contribution is -0.117. The SMILES string of the molecule is CN(C)CC1CCCCC1NC(=O)/C=C/c1cccs1. The highest BCUT2D eigenvalue weighted by molar-refractivity contribution is 7.10. The van der Waals surface area contributed by atoms with Gasteiger partial charge in [0.15, 0.2) is 0 Å². The van der Waals surface area contributed by atoms with E-state index in [1.54, 1.807) is 17.4 Å². The highest BCUT2D eigenvalue weighted by Crippen LogP contribution is 2.25. The summed E-state index contributed by atoms with van der Waals surface area (Å²) in [4.78, 5) is 15.4. The average Bonchev–Trinajstić information content (AvgIpc) is 2.91. The molecular weight excluding hydrogens is 268 g/mol. The summed E-state index contributed by atoms with van der Waals surface area (Å²) in [6.45, 7) is 1.06. The smallest absolute Gasteiger partial charge is 0.244 e. The lowest BCUT2D eigenvalue weighted by Crippen LogP contribution is -2.44. The number of carbonyl (C=O) groups excluding carboxylic acids is 1. The van der Waals surface area contributed by atoms with Gasteiger partial charge in [0.1, 0.15) is 0 Å². The van der Waals surface area contributed by atoms with Crippen LogP contribution in [0, 0.1) is 5.92 Å². The minimum Gasteiger partial charge on any atom is -0.349 e. The van der Waals surface area contributed by atoms with Gasteiger partial charge in [-0.1, -0.05) is 18.9 Å². The first-order valence-electron chi connectivity index (χ1n) is 7.32. The van der Waals surface area contributed by atoms with Gasteiger partial charge in [0, 0.05) is 23.5 Å². The first-order chi connectivity index (χ1) is 9.65. The van der Waals surface area contributed by atoms with E-state index in [-0.39, 0.29) is 5.91 Å². The van der Waals surface area contributed by atoms with Gasteiger partial charge in [0.2, 0.25) is 5.91 Å². The van der Waals surface area contributed by atoms with Gasteiger partial charge >= 0.3 is 0 Å². The fourth-order valence-corrected chi connectivity index (χ4v) is 3.48. The van der Waals surface area contributed by atoms with Crippen LogP contribution >= 0.6 is 11.3 Å². The monoisotopic (exact) mass is 292 g/mol. The van der Waals surface area contributed by atoms with E-state index in [1.807, 2.05) is 23.6 Å². The average molecular weight is 292 g/mol. The number of hydrogen-bond acceptors (Lipinski definition) is 3. The number of rotatable bonds is 5. The highest BCUT2D eigenvalue weighted by atomic mass is 32.1. The fraction of sp³-hybridized carbons (Fsp3) is 0.562. The van der Waals surface area contributed by atoms with Crippen LogP contribution in [0.25, 0.3) is 6.08 Å². The standard InChI is InChI=1S/C16H24N2OS/c1-18(2)12-13-6-3-4-8-15(13)17-16(19)10-9-14-7-5-11-20-14/h5,7,9-11,13,15H,3-4,6,8,12H2,1-2H3,(H,17,19)/b10-9+. The topological polar surface area (TPSA) is 32.3 Å². The molecule has 1 aliphatic carbocycles. The van der Waals surface area contributed by atoms with Gasteiger partial charge in [0.25, 0.3) is 0 Å². The summed E-state index contributed by atoms with van der Waals surface area (Å²) >= 11 is 1.65. The highest BCUT2D eigenvalue weighted by Gasteiger charge is 2.26. The van der Waals surface area contributed by atoms with Gasteiger partial charge in [0.05, 0.1) is 0 Å². The van der Waals surface area contributed by atoms with E-state index in [1.165, 1.54) is 19.3 Å². The molecule has 2 unspecified atom stereocenters. The molecule has 0 radical (unpaired) electrons. The van der Waals surface area contributed by atoms with Crippen LogP contribution in [0.3, 0.4) is 0 Å². The second-order valence-corrected chi connectivity index (χ2v) is 6.75. The second-order valence-electron chi connectivity index (χ2n) is 5.77. The largest absolute Gasteiger partial charge is 0.349 e. The van der Waals surface area contributed by atoms with Crippen molar-refractivity contribution in [2.75, 3.05) is 20.6 Å². The first-order valence-corrected chi connectivity index (χ1v) is 8.20. The Kier molecular flexibility index (Phi) is 5.80. The van der Waals surface area contributed by atoms with Crippen molar-refractivity contribution >= 4 is 23.3 Å². The molecule has 20 heavy (non-hydrogen) atoms. The maximum absolute atomic E-state index is 12.0. The molecule has 1 N–H and O–H groups in total. The molecule has 0 saturated heterocycles. The summed E-state index contributed by atoms with van der Waals surface area (Å²) in [7, 11) is 4.20. The predicted octanol–water partition coefficient (Wildman–Crippen LogP) is 3.00. The number of amides is 1. The van der Waals surface area contributed by atoms with E-state index in [0.29, 0.717) is 12.0 Å². The molecule has 1 fully saturated rings. The zero-order valence-electron chi connectivity index (χ0n) is 12.3. The number of nitrogens with one attached hydrogen (secondary N) is 1. The molecule has 1 aliphatic rings. The summed E-state index contributed by atoms with van der Waals surface area (Å²) < 4.78 is 0. The van der Waals surface area contributed by atoms with Crippen LogP contribution in [-0.2, 0) is 4.79 Å². The zero-order chi connectivity index (χ0) is 14.4. The minimum absolute atomic E-state index is 0.0362. The molecule has 110 valence electrons. The van der Waals surface area contributed by atoms with Crippen molar-refractivity contribution in [1.29, 1.82) is 0 Å². The molecule has 1 amide bonds. The molecule has 2 atom stereocenters. The fourth-order valence-electron chi connectivity index (χ4n) is 2.86. The Balaban J connectivity index is 1.87. The lowest BCUT2D eigenvalue weighted by Gasteiger charge is -2.33. The van der Waals surface area contributed by atoms with E-state index in [0.717, 1.165) is 17.8 Å². The van der Waals surface area contributed by atoms with Crippen LogP contribution < -0.4 is 5.32 Å². The lowest BCUT2D eigenvalue weighted by atomic mass is 9.84. The number of nitrogens with zero attached hydrogens (tertiary/aromatic N) is 1. The van der Waals surface area contributed by atoms with Gasteiger partial charge in [-0.3, -0.25) is 4.79 Å². The van der Waals surface area contributed by atoms with E-state index in [4.69, 9.17) is 0 Å². The van der Waals surface area contributed by atoms with Crippen molar-refractivity contribution in [2.45, 2.75) is 31.7 Å². The van der Waals surface area contributed by atoms with E-state index in [2.05, 4.69) is 24.3 Å². The maximum atomic E-state index is 12.0. The van der Waals surface area contributed by atoms with Crippen molar-refractivity contribution in [3.8, 4) is 0 Å². The molecule has 0 aromatic carbocycles. The summed E-state index contributed by atoms with van der Waals surface area (Å²) in [5.41, 5.74) is 0. The second kappa shape index (κ2) is 7.60. The summed E-state index contributed by atoms with van der Waals surface area (Å²) in [6.07, 6.45) is 8.39. The van der Waals surface area contributed by atoms with Crippen molar-refractivity contribution in [3.63, 3.8) is 0 Å². The molecule has 2 rings (SSSR count). The summed E-state index contributed by atoms with van der Waals surface area (Å²) in [6, 6.07) is 4.34. The Labute approximate surface area is 125 Å². The van der Waals surface area contributed by atoms with Crippen LogP contribution in [0.1, 0.15) is 30.6 Å². The van der Waals surface area contributed by atoms with Crippen LogP contribution in [0.4, 0.5) is 0 Å². The van der Waals surface area contributed by atoms with Crippen molar-refractivity contribution in [2.24, 2.45) is 5.92 Å². The minimum atomic E-state index is 0.0362. The molecule has 0 aliphatic heterocycles. The van der Waals surface area contributed by atoms with Gasteiger partial charge in [-0.25, -0.2) is 0 Å². The third kappa shape index (κ3) is 4.76. The summed E-state index contributed by atoms with van der Waals surface area (Å²) in [5, 5.41) is 5.21. The van der Waals surface area contributed by atoms with Gasteiger partial charge < -0.3 is 10.2 Å². The van der Waals surface area contributed by atoms with Crippen LogP contribution in [-0.4, -0.2) is 37.5 Å². The Bertz CT molecular complexity index is 439. The Hall–Kier alpha value is -1.13. The third-order valence-corrected chi connectivity index (χ3v) is 4.62. The van der Waals surface area contributed by atoms with Gasteiger partial charge in [-0.2, -0.15) is 0 Å². The Morgan fingerprint density at radius 1 is 1.45 bits per heavy atom. The van der Waals surface area contributed by atoms with E-state index in [9.17, 15) is 4.79 Å². The van der Waals surface area contributed by atoms with Crippen molar-refractivity contribution < 1.29 is 4.79 Å². The maximum Gasteiger partial charge on any atom is 0.244 e. The number of carbonyl (C=O) groups is 1. The van der Waals surface area contributed by atoms with Gasteiger partial charge in [-0.15, -0.1) is 11.3 Å². The normalized spacial score (nSPS) is 23.4. The van der Waals surface area contributed by atoms with Crippen molar-refractivity contribution in [3.05, 3.63) is 28.5 Å². The quantitative estimate of drug-likeness (QED) is 0.846. The Morgan fingerprint density at radius 2 is 2.25 bits per heavy atom. The molecule has 0 bridgehead atoms. The third-order valence-electron chi connectivity index (χ3n) is 3.78. The molecule has 4 heteroatoms. The van der Waals surface area contributed by atoms with Crippen molar-refractivity contribution in [1.82, 2.24) is 10.2 Å². The van der Waals surface area contributed by atoms with E-state index >= 15 is 0 Å². The molecular formula is C16H24N2OS. The molecule has 1 aromatic rings. The number of thiophene rings is 1. The molecule has 0 spiro atoms. The zero-order valence-corrected chi connectivity index (χ0v) is 13.2. The van der Waals surface area contributed by atoms with Crippen LogP contribution in [0.15, 0.2) is 23.6 Å². The molecule has 1 aromatic heterocycles. The van der Waals surface area contributed by atoms with E-state index < -0.39 is 0 Å². The van der Waals surface area contributed by atoms with Crippen LogP contribution in [0.2, 0.25) is 0 Å². The van der Waals surface area contributed by atoms with Crippen LogP contribution in [0.5, 0.6) is 0 Å². The molecule has 1 heterocycles. The predicted molar refractivity (Wildman–Crippen MR) is 85.8 cm³/mol. The number of hydrogen-bond donors (Lipinski definition) is 1. The first kappa shape index (κ1) is 15.3. The van der Waals surface area contributed by atoms with Gasteiger partial charge in [-0.05, 0) is 50.4 Å². The molecule has 3 nitrogen and oxygen atoms in total. The summed E-state index contributed by atoms with van der Waals surface area (Å²) in [5.74, 6) is 0.617. The molecule has 1 saturated carbocycles.